The van der Waals surface area contributed by atoms with Gasteiger partial charge in [0.1, 0.15) is 0 Å². The lowest BCUT2D eigenvalue weighted by atomic mass is 10.1. The molecule has 15 heavy (non-hydrogen) atoms. The largest absolute Gasteiger partial charge is 0.380 e. The van der Waals surface area contributed by atoms with Crippen LogP contribution in [0, 0.1) is 0 Å². The van der Waals surface area contributed by atoms with Crippen molar-refractivity contribution in [2.45, 2.75) is 13.2 Å². The third-order valence-electron chi connectivity index (χ3n) is 2.70. The van der Waals surface area contributed by atoms with Crippen LogP contribution in [0.5, 0.6) is 0 Å². The molecule has 1 heterocycles. The molecule has 0 bridgehead atoms. The Morgan fingerprint density at radius 2 is 2.13 bits per heavy atom. The number of rotatable bonds is 3. The van der Waals surface area contributed by atoms with E-state index in [0.29, 0.717) is 13.2 Å². The van der Waals surface area contributed by atoms with Gasteiger partial charge in [-0.15, -0.1) is 0 Å². The number of benzene rings is 1. The quantitative estimate of drug-likeness (QED) is 0.828. The average molecular weight is 204 g/mol. The number of aromatic nitrogens is 1. The molecule has 0 saturated heterocycles. The predicted octanol–water partition coefficient (Wildman–Crippen LogP) is 1.78. The zero-order chi connectivity index (χ0) is 10.8. The van der Waals surface area contributed by atoms with E-state index in [0.717, 1.165) is 0 Å². The number of nitrogens with zero attached hydrogens (tertiary/aromatic N) is 1. The van der Waals surface area contributed by atoms with Crippen molar-refractivity contribution in [3.8, 4) is 0 Å². The second kappa shape index (κ2) is 4.04. The molecule has 0 spiro atoms. The minimum absolute atomic E-state index is 0.568. The molecule has 0 aliphatic heterocycles. The molecule has 0 unspecified atom stereocenters. The van der Waals surface area contributed by atoms with Gasteiger partial charge in [0.25, 0.3) is 0 Å². The fourth-order valence-electron chi connectivity index (χ4n) is 2.05. The van der Waals surface area contributed by atoms with Crippen molar-refractivity contribution >= 4 is 10.9 Å². The number of hydrogen-bond acceptors (Lipinski definition) is 2. The summed E-state index contributed by atoms with van der Waals surface area (Å²) in [5.41, 5.74) is 9.34. The minimum atomic E-state index is 0.568. The molecule has 2 rings (SSSR count). The zero-order valence-electron chi connectivity index (χ0n) is 9.16. The number of aryl methyl sites for hydroxylation is 1. The number of ether oxygens (including phenoxy) is 1. The van der Waals surface area contributed by atoms with Gasteiger partial charge >= 0.3 is 0 Å². The molecular weight excluding hydrogens is 188 g/mol. The summed E-state index contributed by atoms with van der Waals surface area (Å²) in [5.74, 6) is 0. The second-order valence-electron chi connectivity index (χ2n) is 3.71. The molecule has 0 saturated carbocycles. The van der Waals surface area contributed by atoms with Gasteiger partial charge in [-0.25, -0.2) is 0 Å². The van der Waals surface area contributed by atoms with Crippen molar-refractivity contribution in [3.05, 3.63) is 35.5 Å². The summed E-state index contributed by atoms with van der Waals surface area (Å²) in [5, 5.41) is 1.24. The Balaban J connectivity index is 2.70. The van der Waals surface area contributed by atoms with E-state index in [1.807, 2.05) is 13.1 Å². The lowest BCUT2D eigenvalue weighted by molar-refractivity contribution is 0.186. The number of hydrogen-bond donors (Lipinski definition) is 1. The average Bonchev–Trinajstić information content (AvgIpc) is 2.57. The molecule has 0 aliphatic carbocycles. The smallest absolute Gasteiger partial charge is 0.0734 e. The van der Waals surface area contributed by atoms with Crippen LogP contribution in [0.15, 0.2) is 24.4 Å². The fraction of sp³-hybridized carbons (Fsp3) is 0.333. The van der Waals surface area contributed by atoms with E-state index in [9.17, 15) is 0 Å². The van der Waals surface area contributed by atoms with E-state index in [1.54, 1.807) is 7.11 Å². The topological polar surface area (TPSA) is 40.2 Å². The molecular formula is C12H16N2O. The van der Waals surface area contributed by atoms with Gasteiger partial charge in [0, 0.05) is 43.4 Å². The highest BCUT2D eigenvalue weighted by Gasteiger charge is 2.09. The third kappa shape index (κ3) is 1.64. The van der Waals surface area contributed by atoms with Crippen molar-refractivity contribution in [2.75, 3.05) is 7.11 Å². The van der Waals surface area contributed by atoms with Gasteiger partial charge < -0.3 is 15.0 Å². The van der Waals surface area contributed by atoms with Gasteiger partial charge in [0.2, 0.25) is 0 Å². The first-order chi connectivity index (χ1) is 7.27. The second-order valence-corrected chi connectivity index (χ2v) is 3.71. The number of nitrogens with two attached hydrogens (primary N) is 1. The third-order valence-corrected chi connectivity index (χ3v) is 2.70. The van der Waals surface area contributed by atoms with Crippen LogP contribution in [0.1, 0.15) is 11.1 Å². The maximum absolute atomic E-state index is 5.74. The summed E-state index contributed by atoms with van der Waals surface area (Å²) < 4.78 is 7.31. The molecule has 0 aliphatic rings. The predicted molar refractivity (Wildman–Crippen MR) is 61.5 cm³/mol. The van der Waals surface area contributed by atoms with Crippen LogP contribution in [0.4, 0.5) is 0 Å². The summed E-state index contributed by atoms with van der Waals surface area (Å²) in [6, 6.07) is 6.22. The number of fused-ring (bicyclic) bond motifs is 1. The van der Waals surface area contributed by atoms with Gasteiger partial charge in [-0.05, 0) is 11.6 Å². The fourth-order valence-corrected chi connectivity index (χ4v) is 2.05. The molecule has 0 amide bonds. The van der Waals surface area contributed by atoms with E-state index in [4.69, 9.17) is 10.5 Å². The van der Waals surface area contributed by atoms with Crippen molar-refractivity contribution in [1.29, 1.82) is 0 Å². The Labute approximate surface area is 89.4 Å². The zero-order valence-corrected chi connectivity index (χ0v) is 9.16. The first-order valence-electron chi connectivity index (χ1n) is 5.02. The molecule has 0 atom stereocenters. The van der Waals surface area contributed by atoms with Crippen LogP contribution in [0.3, 0.4) is 0 Å². The Kier molecular flexibility index (Phi) is 2.75. The lowest BCUT2D eigenvalue weighted by Gasteiger charge is -2.03. The van der Waals surface area contributed by atoms with Crippen molar-refractivity contribution in [3.63, 3.8) is 0 Å². The molecule has 80 valence electrons. The van der Waals surface area contributed by atoms with E-state index < -0.39 is 0 Å². The van der Waals surface area contributed by atoms with Crippen LogP contribution >= 0.6 is 0 Å². The maximum atomic E-state index is 5.74. The molecule has 3 nitrogen and oxygen atoms in total. The van der Waals surface area contributed by atoms with E-state index >= 15 is 0 Å². The molecule has 2 N–H and O–H groups in total. The highest BCUT2D eigenvalue weighted by atomic mass is 16.5. The van der Waals surface area contributed by atoms with Crippen molar-refractivity contribution in [1.82, 2.24) is 4.57 Å². The van der Waals surface area contributed by atoms with Gasteiger partial charge in [-0.3, -0.25) is 0 Å². The summed E-state index contributed by atoms with van der Waals surface area (Å²) in [6.07, 6.45) is 2.10. The summed E-state index contributed by atoms with van der Waals surface area (Å²) in [6.45, 7) is 1.20. The van der Waals surface area contributed by atoms with Gasteiger partial charge in [0.15, 0.2) is 0 Å². The molecule has 2 aromatic rings. The van der Waals surface area contributed by atoms with Crippen molar-refractivity contribution in [2.24, 2.45) is 12.8 Å². The Hall–Kier alpha value is -1.32. The Bertz CT molecular complexity index is 474. The Morgan fingerprint density at radius 3 is 2.80 bits per heavy atom. The molecule has 3 heteroatoms. The molecule has 1 aromatic carbocycles. The monoisotopic (exact) mass is 204 g/mol. The Morgan fingerprint density at radius 1 is 1.33 bits per heavy atom. The van der Waals surface area contributed by atoms with Crippen molar-refractivity contribution < 1.29 is 4.74 Å². The van der Waals surface area contributed by atoms with Crippen LogP contribution in [-0.2, 0) is 24.9 Å². The molecule has 1 aromatic heterocycles. The highest BCUT2D eigenvalue weighted by Crippen LogP contribution is 2.24. The van der Waals surface area contributed by atoms with Gasteiger partial charge in [0.05, 0.1) is 6.61 Å². The SMILES string of the molecule is COCc1cn(C)c2cccc(CN)c12. The highest BCUT2D eigenvalue weighted by molar-refractivity contribution is 5.87. The number of methoxy groups -OCH3 is 1. The van der Waals surface area contributed by atoms with Crippen LogP contribution in [0.2, 0.25) is 0 Å². The standard InChI is InChI=1S/C12H16N2O/c1-14-7-10(8-15-2)12-9(6-13)4-3-5-11(12)14/h3-5,7H,6,8,13H2,1-2H3. The molecule has 0 fully saturated rings. The van der Waals surface area contributed by atoms with E-state index in [2.05, 4.69) is 22.9 Å². The lowest BCUT2D eigenvalue weighted by Crippen LogP contribution is -1.98. The van der Waals surface area contributed by atoms with E-state index in [-0.39, 0.29) is 0 Å². The van der Waals surface area contributed by atoms with Gasteiger partial charge in [-0.1, -0.05) is 12.1 Å². The first-order valence-corrected chi connectivity index (χ1v) is 5.02. The maximum Gasteiger partial charge on any atom is 0.0734 e. The summed E-state index contributed by atoms with van der Waals surface area (Å²) >= 11 is 0. The first kappa shape index (κ1) is 10.2. The minimum Gasteiger partial charge on any atom is -0.380 e. The summed E-state index contributed by atoms with van der Waals surface area (Å²) in [4.78, 5) is 0. The van der Waals surface area contributed by atoms with Gasteiger partial charge in [-0.2, -0.15) is 0 Å². The summed E-state index contributed by atoms with van der Waals surface area (Å²) in [7, 11) is 3.76. The molecule has 0 radical (unpaired) electrons. The van der Waals surface area contributed by atoms with Crippen LogP contribution in [0.25, 0.3) is 10.9 Å². The van der Waals surface area contributed by atoms with E-state index in [1.165, 1.54) is 22.0 Å². The van der Waals surface area contributed by atoms with Crippen LogP contribution in [-0.4, -0.2) is 11.7 Å². The normalized spacial score (nSPS) is 11.1. The van der Waals surface area contributed by atoms with Crippen LogP contribution < -0.4 is 5.73 Å².